The van der Waals surface area contributed by atoms with Gasteiger partial charge >= 0.3 is 5.97 Å². The zero-order valence-corrected chi connectivity index (χ0v) is 7.81. The molecule has 2 saturated heterocycles. The average Bonchev–Trinajstić information content (AvgIpc) is 2.99. The van der Waals surface area contributed by atoms with E-state index in [9.17, 15) is 0 Å². The second-order valence-electron chi connectivity index (χ2n) is 3.63. The minimum atomic E-state index is -0.696. The van der Waals surface area contributed by atoms with Crippen LogP contribution in [0, 0.1) is 0 Å². The maximum atomic E-state index is 5.73. The maximum Gasteiger partial charge on any atom is 0.308 e. The molecule has 2 heterocycles. The fourth-order valence-electron chi connectivity index (χ4n) is 1.74. The van der Waals surface area contributed by atoms with E-state index in [0.717, 1.165) is 6.42 Å². The summed E-state index contributed by atoms with van der Waals surface area (Å²) >= 11 is 0. The molecule has 0 radical (unpaired) electrons. The van der Waals surface area contributed by atoms with Crippen LogP contribution in [0.25, 0.3) is 0 Å². The molecule has 3 nitrogen and oxygen atoms in total. The summed E-state index contributed by atoms with van der Waals surface area (Å²) in [6.07, 6.45) is 1.02. The monoisotopic (exact) mass is 192 g/mol. The molecule has 3 rings (SSSR count). The maximum absolute atomic E-state index is 5.73. The second-order valence-corrected chi connectivity index (χ2v) is 3.63. The molecule has 2 fully saturated rings. The number of epoxide rings is 1. The summed E-state index contributed by atoms with van der Waals surface area (Å²) in [6.45, 7) is 1.27. The number of hydrogen-bond donors (Lipinski definition) is 0. The van der Waals surface area contributed by atoms with Crippen LogP contribution in [0.3, 0.4) is 0 Å². The van der Waals surface area contributed by atoms with Crippen LogP contribution in [0.2, 0.25) is 0 Å². The van der Waals surface area contributed by atoms with Gasteiger partial charge in [0.05, 0.1) is 12.7 Å². The Balaban J connectivity index is 1.79. The highest BCUT2D eigenvalue weighted by molar-refractivity contribution is 5.18. The molecule has 0 aliphatic carbocycles. The first kappa shape index (κ1) is 8.41. The molecule has 0 bridgehead atoms. The normalized spacial score (nSPS) is 35.9. The second kappa shape index (κ2) is 3.05. The van der Waals surface area contributed by atoms with Crippen molar-refractivity contribution in [1.29, 1.82) is 0 Å². The molecule has 0 saturated carbocycles. The van der Waals surface area contributed by atoms with Crippen molar-refractivity contribution < 1.29 is 14.2 Å². The molecule has 0 N–H and O–H groups in total. The lowest BCUT2D eigenvalue weighted by molar-refractivity contribution is -0.285. The first-order chi connectivity index (χ1) is 6.88. The Bertz CT molecular complexity index is 319. The Labute approximate surface area is 82.6 Å². The molecular formula is C11H12O3. The van der Waals surface area contributed by atoms with E-state index < -0.39 is 5.97 Å². The van der Waals surface area contributed by atoms with Crippen LogP contribution >= 0.6 is 0 Å². The SMILES string of the molecule is c1ccc(C2CCOC3(CO3)O2)cc1. The smallest absolute Gasteiger partial charge is 0.308 e. The molecule has 2 atom stereocenters. The third kappa shape index (κ3) is 1.43. The molecule has 1 spiro atoms. The summed E-state index contributed by atoms with van der Waals surface area (Å²) in [6, 6.07) is 10.2. The lowest BCUT2D eigenvalue weighted by Gasteiger charge is -2.27. The van der Waals surface area contributed by atoms with Crippen LogP contribution in [0.1, 0.15) is 18.1 Å². The minimum absolute atomic E-state index is 0.118. The van der Waals surface area contributed by atoms with Crippen LogP contribution in [-0.2, 0) is 14.2 Å². The molecule has 74 valence electrons. The van der Waals surface area contributed by atoms with Crippen molar-refractivity contribution in [1.82, 2.24) is 0 Å². The van der Waals surface area contributed by atoms with Crippen molar-refractivity contribution in [3.63, 3.8) is 0 Å². The fraction of sp³-hybridized carbons (Fsp3) is 0.455. The molecule has 0 amide bonds. The summed E-state index contributed by atoms with van der Waals surface area (Å²) in [4.78, 5) is 0. The van der Waals surface area contributed by atoms with Gasteiger partial charge in [-0.25, -0.2) is 0 Å². The summed E-state index contributed by atoms with van der Waals surface area (Å²) in [5.74, 6) is -0.696. The first-order valence-electron chi connectivity index (χ1n) is 4.89. The molecule has 2 aliphatic rings. The third-order valence-corrected chi connectivity index (χ3v) is 2.58. The predicted molar refractivity (Wildman–Crippen MR) is 49.5 cm³/mol. The van der Waals surface area contributed by atoms with Crippen molar-refractivity contribution >= 4 is 0 Å². The zero-order chi connectivity index (χ0) is 9.43. The highest BCUT2D eigenvalue weighted by Gasteiger charge is 2.52. The number of benzene rings is 1. The van der Waals surface area contributed by atoms with Crippen molar-refractivity contribution in [3.05, 3.63) is 35.9 Å². The van der Waals surface area contributed by atoms with Gasteiger partial charge in [-0.15, -0.1) is 0 Å². The van der Waals surface area contributed by atoms with E-state index >= 15 is 0 Å². The van der Waals surface area contributed by atoms with Gasteiger partial charge in [-0.1, -0.05) is 30.3 Å². The minimum Gasteiger partial charge on any atom is -0.325 e. The van der Waals surface area contributed by atoms with Gasteiger partial charge in [0.2, 0.25) is 0 Å². The Hall–Kier alpha value is -0.900. The standard InChI is InChI=1S/C11H12O3/c1-2-4-9(5-3-1)10-6-7-12-11(14-10)8-13-11/h1-5,10H,6-8H2. The quantitative estimate of drug-likeness (QED) is 0.636. The topological polar surface area (TPSA) is 31.0 Å². The Kier molecular flexibility index (Phi) is 1.83. The van der Waals surface area contributed by atoms with Gasteiger partial charge in [0.15, 0.2) is 0 Å². The van der Waals surface area contributed by atoms with Crippen LogP contribution in [0.15, 0.2) is 30.3 Å². The number of rotatable bonds is 1. The first-order valence-corrected chi connectivity index (χ1v) is 4.89. The van der Waals surface area contributed by atoms with Gasteiger partial charge in [-0.05, 0) is 5.56 Å². The largest absolute Gasteiger partial charge is 0.325 e. The van der Waals surface area contributed by atoms with E-state index in [0.29, 0.717) is 13.2 Å². The molecule has 2 unspecified atom stereocenters. The van der Waals surface area contributed by atoms with Gasteiger partial charge in [-0.2, -0.15) is 0 Å². The van der Waals surface area contributed by atoms with Gasteiger partial charge in [0.1, 0.15) is 6.61 Å². The van der Waals surface area contributed by atoms with E-state index in [1.165, 1.54) is 5.56 Å². The molecule has 2 aliphatic heterocycles. The number of ether oxygens (including phenoxy) is 3. The van der Waals surface area contributed by atoms with Crippen molar-refractivity contribution in [3.8, 4) is 0 Å². The number of hydrogen-bond acceptors (Lipinski definition) is 3. The van der Waals surface area contributed by atoms with Gasteiger partial charge in [0, 0.05) is 6.42 Å². The van der Waals surface area contributed by atoms with Crippen LogP contribution in [0.4, 0.5) is 0 Å². The summed E-state index contributed by atoms with van der Waals surface area (Å²) in [7, 11) is 0. The lowest BCUT2D eigenvalue weighted by Crippen LogP contribution is -2.30. The summed E-state index contributed by atoms with van der Waals surface area (Å²) in [5.41, 5.74) is 1.20. The van der Waals surface area contributed by atoms with E-state index in [1.54, 1.807) is 0 Å². The highest BCUT2D eigenvalue weighted by atomic mass is 16.9. The lowest BCUT2D eigenvalue weighted by atomic mass is 10.1. The predicted octanol–water partition coefficient (Wildman–Crippen LogP) is 1.85. The van der Waals surface area contributed by atoms with Gasteiger partial charge in [-0.3, -0.25) is 0 Å². The molecule has 14 heavy (non-hydrogen) atoms. The van der Waals surface area contributed by atoms with Gasteiger partial charge < -0.3 is 14.2 Å². The van der Waals surface area contributed by atoms with Crippen molar-refractivity contribution in [2.75, 3.05) is 13.2 Å². The summed E-state index contributed by atoms with van der Waals surface area (Å²) in [5, 5.41) is 0. The van der Waals surface area contributed by atoms with E-state index in [2.05, 4.69) is 12.1 Å². The van der Waals surface area contributed by atoms with Crippen LogP contribution in [-0.4, -0.2) is 19.2 Å². The molecule has 1 aromatic rings. The summed E-state index contributed by atoms with van der Waals surface area (Å²) < 4.78 is 16.3. The Morgan fingerprint density at radius 3 is 2.64 bits per heavy atom. The van der Waals surface area contributed by atoms with Crippen molar-refractivity contribution in [2.45, 2.75) is 18.5 Å². The molecule has 3 heteroatoms. The Morgan fingerprint density at radius 1 is 1.14 bits per heavy atom. The third-order valence-electron chi connectivity index (χ3n) is 2.58. The van der Waals surface area contributed by atoms with E-state index in [4.69, 9.17) is 14.2 Å². The average molecular weight is 192 g/mol. The van der Waals surface area contributed by atoms with E-state index in [-0.39, 0.29) is 6.10 Å². The molecule has 1 aromatic carbocycles. The van der Waals surface area contributed by atoms with Crippen molar-refractivity contribution in [2.24, 2.45) is 0 Å². The van der Waals surface area contributed by atoms with Crippen LogP contribution < -0.4 is 0 Å². The Morgan fingerprint density at radius 2 is 1.93 bits per heavy atom. The zero-order valence-electron chi connectivity index (χ0n) is 7.81. The fourth-order valence-corrected chi connectivity index (χ4v) is 1.74. The molecule has 0 aromatic heterocycles. The van der Waals surface area contributed by atoms with Gasteiger partial charge in [0.25, 0.3) is 0 Å². The highest BCUT2D eigenvalue weighted by Crippen LogP contribution is 2.40. The van der Waals surface area contributed by atoms with Crippen LogP contribution in [0.5, 0.6) is 0 Å². The van der Waals surface area contributed by atoms with E-state index in [1.807, 2.05) is 18.2 Å². The molecular weight excluding hydrogens is 180 g/mol.